The van der Waals surface area contributed by atoms with Crippen LogP contribution in [0.3, 0.4) is 0 Å². The lowest BCUT2D eigenvalue weighted by Gasteiger charge is -2.08. The Morgan fingerprint density at radius 1 is 1.35 bits per heavy atom. The van der Waals surface area contributed by atoms with Gasteiger partial charge in [0.05, 0.1) is 11.0 Å². The highest BCUT2D eigenvalue weighted by Gasteiger charge is 2.16. The number of ether oxygens (including phenoxy) is 1. The molecule has 0 amide bonds. The zero-order valence-corrected chi connectivity index (χ0v) is 11.1. The standard InChI is InChI=1S/C14H14N2O4/c1-9-3-4-13(12(7-9)16(18)19)20-14-8-11(10(2)17)5-6-15-14/h3-8,10,17H,1-2H3. The Kier molecular flexibility index (Phi) is 3.95. The van der Waals surface area contributed by atoms with Crippen LogP contribution < -0.4 is 4.74 Å². The molecule has 1 aromatic heterocycles. The summed E-state index contributed by atoms with van der Waals surface area (Å²) in [6, 6.07) is 7.90. The van der Waals surface area contributed by atoms with Gasteiger partial charge in [0.2, 0.25) is 11.6 Å². The number of nitrogens with zero attached hydrogens (tertiary/aromatic N) is 2. The van der Waals surface area contributed by atoms with Crippen LogP contribution in [0.1, 0.15) is 24.2 Å². The highest BCUT2D eigenvalue weighted by molar-refractivity contribution is 5.49. The summed E-state index contributed by atoms with van der Waals surface area (Å²) in [5, 5.41) is 20.5. The van der Waals surface area contributed by atoms with Gasteiger partial charge in [-0.05, 0) is 37.1 Å². The van der Waals surface area contributed by atoms with Crippen molar-refractivity contribution in [3.05, 3.63) is 57.8 Å². The summed E-state index contributed by atoms with van der Waals surface area (Å²) in [7, 11) is 0. The van der Waals surface area contributed by atoms with Crippen LogP contribution in [0.2, 0.25) is 0 Å². The van der Waals surface area contributed by atoms with Gasteiger partial charge in [0, 0.05) is 18.3 Å². The van der Waals surface area contributed by atoms with Gasteiger partial charge in [-0.15, -0.1) is 0 Å². The second kappa shape index (κ2) is 5.66. The number of nitro benzene ring substituents is 1. The molecule has 1 aromatic carbocycles. The fourth-order valence-electron chi connectivity index (χ4n) is 1.71. The Labute approximate surface area is 115 Å². The maximum atomic E-state index is 11.0. The van der Waals surface area contributed by atoms with E-state index in [-0.39, 0.29) is 17.3 Å². The normalized spacial score (nSPS) is 11.9. The van der Waals surface area contributed by atoms with Gasteiger partial charge in [-0.3, -0.25) is 10.1 Å². The molecule has 1 unspecified atom stereocenters. The lowest BCUT2D eigenvalue weighted by atomic mass is 10.2. The number of pyridine rings is 1. The molecule has 0 radical (unpaired) electrons. The largest absolute Gasteiger partial charge is 0.432 e. The van der Waals surface area contributed by atoms with Gasteiger partial charge in [-0.25, -0.2) is 4.98 Å². The molecule has 0 aliphatic carbocycles. The molecule has 6 nitrogen and oxygen atoms in total. The Hall–Kier alpha value is -2.47. The summed E-state index contributed by atoms with van der Waals surface area (Å²) < 4.78 is 5.45. The molecule has 0 spiro atoms. The third-order valence-electron chi connectivity index (χ3n) is 2.77. The maximum Gasteiger partial charge on any atom is 0.311 e. The topological polar surface area (TPSA) is 85.5 Å². The maximum absolute atomic E-state index is 11.0. The Bertz CT molecular complexity index is 641. The number of aliphatic hydroxyl groups is 1. The lowest BCUT2D eigenvalue weighted by Crippen LogP contribution is -1.97. The monoisotopic (exact) mass is 274 g/mol. The van der Waals surface area contributed by atoms with Gasteiger partial charge in [-0.1, -0.05) is 6.07 Å². The zero-order valence-electron chi connectivity index (χ0n) is 11.1. The molecule has 0 bridgehead atoms. The molecular formula is C14H14N2O4. The molecule has 1 N–H and O–H groups in total. The molecule has 104 valence electrons. The fourth-order valence-corrected chi connectivity index (χ4v) is 1.71. The number of aromatic nitrogens is 1. The highest BCUT2D eigenvalue weighted by atomic mass is 16.6. The van der Waals surface area contributed by atoms with Crippen LogP contribution >= 0.6 is 0 Å². The van der Waals surface area contributed by atoms with E-state index in [2.05, 4.69) is 4.98 Å². The number of aliphatic hydroxyl groups excluding tert-OH is 1. The van der Waals surface area contributed by atoms with Crippen molar-refractivity contribution in [2.45, 2.75) is 20.0 Å². The first-order chi connectivity index (χ1) is 9.47. The molecule has 0 aliphatic heterocycles. The molecule has 2 rings (SSSR count). The van der Waals surface area contributed by atoms with Crippen LogP contribution in [0, 0.1) is 17.0 Å². The first kappa shape index (κ1) is 14.0. The molecule has 0 fully saturated rings. The van der Waals surface area contributed by atoms with E-state index in [0.717, 1.165) is 5.56 Å². The van der Waals surface area contributed by atoms with Crippen LogP contribution in [0.15, 0.2) is 36.5 Å². The van der Waals surface area contributed by atoms with Gasteiger partial charge in [0.1, 0.15) is 0 Å². The summed E-state index contributed by atoms with van der Waals surface area (Å²) >= 11 is 0. The minimum absolute atomic E-state index is 0.116. The molecule has 1 atom stereocenters. The van der Waals surface area contributed by atoms with Crippen LogP contribution in [-0.2, 0) is 0 Å². The molecule has 6 heteroatoms. The van der Waals surface area contributed by atoms with Crippen molar-refractivity contribution in [2.24, 2.45) is 0 Å². The number of hydrogen-bond donors (Lipinski definition) is 1. The Morgan fingerprint density at radius 2 is 2.10 bits per heavy atom. The van der Waals surface area contributed by atoms with E-state index < -0.39 is 11.0 Å². The van der Waals surface area contributed by atoms with Crippen LogP contribution in [0.25, 0.3) is 0 Å². The first-order valence-electron chi connectivity index (χ1n) is 6.04. The zero-order chi connectivity index (χ0) is 14.7. The van der Waals surface area contributed by atoms with E-state index in [9.17, 15) is 15.2 Å². The lowest BCUT2D eigenvalue weighted by molar-refractivity contribution is -0.385. The molecular weight excluding hydrogens is 260 g/mol. The van der Waals surface area contributed by atoms with Crippen molar-refractivity contribution >= 4 is 5.69 Å². The van der Waals surface area contributed by atoms with E-state index >= 15 is 0 Å². The van der Waals surface area contributed by atoms with Crippen LogP contribution in [-0.4, -0.2) is 15.0 Å². The minimum Gasteiger partial charge on any atom is -0.432 e. The molecule has 1 heterocycles. The average Bonchev–Trinajstić information content (AvgIpc) is 2.41. The van der Waals surface area contributed by atoms with Crippen molar-refractivity contribution in [2.75, 3.05) is 0 Å². The predicted octanol–water partition coefficient (Wildman–Crippen LogP) is 3.14. The summed E-state index contributed by atoms with van der Waals surface area (Å²) in [6.45, 7) is 3.39. The SMILES string of the molecule is Cc1ccc(Oc2cc(C(C)O)ccn2)c([N+](=O)[O-])c1. The number of hydrogen-bond acceptors (Lipinski definition) is 5. The number of aryl methyl sites for hydroxylation is 1. The van der Waals surface area contributed by atoms with Crippen LogP contribution in [0.5, 0.6) is 11.6 Å². The second-order valence-corrected chi connectivity index (χ2v) is 4.43. The summed E-state index contributed by atoms with van der Waals surface area (Å²) in [6.07, 6.45) is 0.825. The summed E-state index contributed by atoms with van der Waals surface area (Å²) in [5.74, 6) is 0.325. The van der Waals surface area contributed by atoms with E-state index in [0.29, 0.717) is 5.56 Å². The smallest absolute Gasteiger partial charge is 0.311 e. The first-order valence-corrected chi connectivity index (χ1v) is 6.04. The summed E-state index contributed by atoms with van der Waals surface area (Å²) in [5.41, 5.74) is 1.29. The molecule has 2 aromatic rings. The molecule has 0 saturated carbocycles. The predicted molar refractivity (Wildman–Crippen MR) is 72.8 cm³/mol. The van der Waals surface area contributed by atoms with Crippen molar-refractivity contribution in [1.29, 1.82) is 0 Å². The highest BCUT2D eigenvalue weighted by Crippen LogP contribution is 2.31. The van der Waals surface area contributed by atoms with Crippen LogP contribution in [0.4, 0.5) is 5.69 Å². The second-order valence-electron chi connectivity index (χ2n) is 4.43. The van der Waals surface area contributed by atoms with Gasteiger partial charge in [0.15, 0.2) is 0 Å². The number of nitro groups is 1. The average molecular weight is 274 g/mol. The Morgan fingerprint density at radius 3 is 2.75 bits per heavy atom. The van der Waals surface area contributed by atoms with Gasteiger partial charge in [0.25, 0.3) is 0 Å². The summed E-state index contributed by atoms with van der Waals surface area (Å²) in [4.78, 5) is 14.5. The minimum atomic E-state index is -0.659. The Balaban J connectivity index is 2.35. The number of rotatable bonds is 4. The van der Waals surface area contributed by atoms with Gasteiger partial charge in [-0.2, -0.15) is 0 Å². The van der Waals surface area contributed by atoms with Crippen molar-refractivity contribution in [3.8, 4) is 11.6 Å². The van der Waals surface area contributed by atoms with Crippen molar-refractivity contribution in [3.63, 3.8) is 0 Å². The molecule has 0 aliphatic rings. The molecule has 20 heavy (non-hydrogen) atoms. The number of benzene rings is 1. The third kappa shape index (κ3) is 3.10. The van der Waals surface area contributed by atoms with E-state index in [1.807, 2.05) is 0 Å². The van der Waals surface area contributed by atoms with E-state index in [1.165, 1.54) is 18.3 Å². The van der Waals surface area contributed by atoms with E-state index in [4.69, 9.17) is 4.74 Å². The molecule has 0 saturated heterocycles. The van der Waals surface area contributed by atoms with Crippen molar-refractivity contribution < 1.29 is 14.8 Å². The van der Waals surface area contributed by atoms with Gasteiger partial charge < -0.3 is 9.84 Å². The third-order valence-corrected chi connectivity index (χ3v) is 2.77. The quantitative estimate of drug-likeness (QED) is 0.683. The van der Waals surface area contributed by atoms with E-state index in [1.54, 1.807) is 32.0 Å². The van der Waals surface area contributed by atoms with Gasteiger partial charge >= 0.3 is 5.69 Å². The van der Waals surface area contributed by atoms with Crippen molar-refractivity contribution in [1.82, 2.24) is 4.98 Å². The fraction of sp³-hybridized carbons (Fsp3) is 0.214.